The van der Waals surface area contributed by atoms with Crippen molar-refractivity contribution in [3.8, 4) is 0 Å². The van der Waals surface area contributed by atoms with E-state index in [0.717, 1.165) is 12.8 Å². The van der Waals surface area contributed by atoms with Gasteiger partial charge in [0, 0.05) is 0 Å². The van der Waals surface area contributed by atoms with Gasteiger partial charge in [-0.15, -0.1) is 0 Å². The van der Waals surface area contributed by atoms with E-state index in [1.54, 1.807) is 12.1 Å². The fourth-order valence-corrected chi connectivity index (χ4v) is 2.71. The molecular formula is C20H33NaO3. The standard InChI is InChI=1S/C20H33O3.Na/c1-4-5-6-7-8-9-10-11-12-13-14-17(2)23-20(21)19-16-15-18(3)22-19;/h15-17H,3-14H2,1-2H3;/q-1;+1. The van der Waals surface area contributed by atoms with Crippen LogP contribution in [0.5, 0.6) is 0 Å². The Morgan fingerprint density at radius 1 is 1.04 bits per heavy atom. The first-order chi connectivity index (χ1) is 11.1. The van der Waals surface area contributed by atoms with Crippen molar-refractivity contribution in [1.82, 2.24) is 0 Å². The van der Waals surface area contributed by atoms with E-state index in [1.165, 1.54) is 57.8 Å². The molecule has 4 heteroatoms. The molecule has 0 saturated heterocycles. The normalized spacial score (nSPS) is 11.8. The Kier molecular flexibility index (Phi) is 14.7. The maximum Gasteiger partial charge on any atom is 1.00 e. The number of rotatable bonds is 13. The van der Waals surface area contributed by atoms with E-state index in [1.807, 2.05) is 6.92 Å². The van der Waals surface area contributed by atoms with Gasteiger partial charge in [0.05, 0.1) is 6.10 Å². The fraction of sp³-hybridized carbons (Fsp3) is 0.700. The average Bonchev–Trinajstić information content (AvgIpc) is 2.96. The van der Waals surface area contributed by atoms with Gasteiger partial charge in [0.15, 0.2) is 5.76 Å². The van der Waals surface area contributed by atoms with Crippen LogP contribution in [0.15, 0.2) is 16.5 Å². The van der Waals surface area contributed by atoms with Crippen LogP contribution in [0.1, 0.15) is 101 Å². The summed E-state index contributed by atoms with van der Waals surface area (Å²) < 4.78 is 10.5. The summed E-state index contributed by atoms with van der Waals surface area (Å²) in [6.07, 6.45) is 14.0. The van der Waals surface area contributed by atoms with E-state index in [0.29, 0.717) is 5.76 Å². The number of hydrogen-bond acceptors (Lipinski definition) is 3. The van der Waals surface area contributed by atoms with Crippen LogP contribution >= 0.6 is 0 Å². The van der Waals surface area contributed by atoms with Crippen LogP contribution in [0.3, 0.4) is 0 Å². The van der Waals surface area contributed by atoms with E-state index in [4.69, 9.17) is 9.15 Å². The third-order valence-electron chi connectivity index (χ3n) is 4.14. The third kappa shape index (κ3) is 11.2. The molecule has 1 unspecified atom stereocenters. The molecule has 0 radical (unpaired) electrons. The van der Waals surface area contributed by atoms with Crippen LogP contribution in [-0.4, -0.2) is 12.1 Å². The second-order valence-corrected chi connectivity index (χ2v) is 6.45. The molecule has 0 N–H and O–H groups in total. The quantitative estimate of drug-likeness (QED) is 0.238. The maximum absolute atomic E-state index is 11.8. The summed E-state index contributed by atoms with van der Waals surface area (Å²) >= 11 is 0. The molecule has 0 saturated carbocycles. The molecule has 0 spiro atoms. The van der Waals surface area contributed by atoms with E-state index in [2.05, 4.69) is 13.8 Å². The van der Waals surface area contributed by atoms with E-state index < -0.39 is 0 Å². The molecule has 0 aliphatic rings. The molecule has 0 aliphatic carbocycles. The summed E-state index contributed by atoms with van der Waals surface area (Å²) in [5.74, 6) is 0.337. The predicted molar refractivity (Wildman–Crippen MR) is 94.5 cm³/mol. The van der Waals surface area contributed by atoms with Crippen molar-refractivity contribution >= 4 is 5.97 Å². The summed E-state index contributed by atoms with van der Waals surface area (Å²) in [5, 5.41) is 0. The SMILES string of the molecule is [CH2-]c1ccc(C(=O)OC(C)CCCCCCCCCCCC)o1.[Na+]. The monoisotopic (exact) mass is 344 g/mol. The smallest absolute Gasteiger partial charge is 0.489 e. The molecule has 1 heterocycles. The summed E-state index contributed by atoms with van der Waals surface area (Å²) in [6, 6.07) is 3.28. The van der Waals surface area contributed by atoms with Gasteiger partial charge in [0.25, 0.3) is 0 Å². The molecule has 3 nitrogen and oxygen atoms in total. The Labute approximate surface area is 170 Å². The molecule has 0 fully saturated rings. The summed E-state index contributed by atoms with van der Waals surface area (Å²) in [5.41, 5.74) is 0. The Hall–Kier alpha value is -0.380. The predicted octanol–water partition coefficient (Wildman–Crippen LogP) is 3.32. The molecule has 0 aliphatic heterocycles. The van der Waals surface area contributed by atoms with Crippen LogP contribution in [0.25, 0.3) is 0 Å². The van der Waals surface area contributed by atoms with Crippen LogP contribution in [0, 0.1) is 6.92 Å². The minimum atomic E-state index is -0.389. The minimum absolute atomic E-state index is 0. The Morgan fingerprint density at radius 3 is 2.08 bits per heavy atom. The number of carbonyl (C=O) groups is 1. The molecule has 0 bridgehead atoms. The molecule has 0 aromatic carbocycles. The summed E-state index contributed by atoms with van der Waals surface area (Å²) in [6.45, 7) is 7.83. The zero-order valence-electron chi connectivity index (χ0n) is 15.9. The largest absolute Gasteiger partial charge is 1.00 e. The second kappa shape index (κ2) is 14.9. The van der Waals surface area contributed by atoms with Gasteiger partial charge in [-0.3, -0.25) is 0 Å². The summed E-state index contributed by atoms with van der Waals surface area (Å²) in [7, 11) is 0. The van der Waals surface area contributed by atoms with Gasteiger partial charge in [-0.2, -0.15) is 6.07 Å². The van der Waals surface area contributed by atoms with Gasteiger partial charge in [-0.1, -0.05) is 70.8 Å². The van der Waals surface area contributed by atoms with Crippen LogP contribution in [0.2, 0.25) is 0 Å². The number of ether oxygens (including phenoxy) is 1. The van der Waals surface area contributed by atoms with Crippen LogP contribution in [0.4, 0.5) is 0 Å². The Bertz CT molecular complexity index is 428. The molecule has 132 valence electrons. The Morgan fingerprint density at radius 2 is 1.58 bits per heavy atom. The molecule has 1 rings (SSSR count). The van der Waals surface area contributed by atoms with Gasteiger partial charge in [0.1, 0.15) is 0 Å². The van der Waals surface area contributed by atoms with E-state index in [-0.39, 0.29) is 47.4 Å². The number of hydrogen-bond donors (Lipinski definition) is 0. The first-order valence-electron chi connectivity index (χ1n) is 9.26. The Balaban J connectivity index is 0.00000529. The van der Waals surface area contributed by atoms with Crippen molar-refractivity contribution in [2.24, 2.45) is 0 Å². The number of carbonyl (C=O) groups excluding carboxylic acids is 1. The van der Waals surface area contributed by atoms with E-state index >= 15 is 0 Å². The van der Waals surface area contributed by atoms with Crippen molar-refractivity contribution in [2.45, 2.75) is 90.6 Å². The molecular weight excluding hydrogens is 311 g/mol. The molecule has 1 atom stereocenters. The number of unbranched alkanes of at least 4 members (excludes halogenated alkanes) is 9. The number of furan rings is 1. The van der Waals surface area contributed by atoms with Crippen molar-refractivity contribution < 1.29 is 43.5 Å². The van der Waals surface area contributed by atoms with Gasteiger partial charge in [-0.05, 0) is 25.5 Å². The zero-order valence-corrected chi connectivity index (χ0v) is 17.9. The van der Waals surface area contributed by atoms with Crippen molar-refractivity contribution in [3.05, 3.63) is 30.6 Å². The first-order valence-corrected chi connectivity index (χ1v) is 9.26. The maximum atomic E-state index is 11.8. The second-order valence-electron chi connectivity index (χ2n) is 6.45. The minimum Gasteiger partial charge on any atom is -0.489 e. The average molecular weight is 344 g/mol. The van der Waals surface area contributed by atoms with Crippen LogP contribution < -0.4 is 29.6 Å². The topological polar surface area (TPSA) is 39.4 Å². The zero-order chi connectivity index (χ0) is 16.9. The van der Waals surface area contributed by atoms with E-state index in [9.17, 15) is 4.79 Å². The summed E-state index contributed by atoms with van der Waals surface area (Å²) in [4.78, 5) is 11.8. The number of esters is 1. The van der Waals surface area contributed by atoms with Gasteiger partial charge < -0.3 is 9.15 Å². The fourth-order valence-electron chi connectivity index (χ4n) is 2.71. The van der Waals surface area contributed by atoms with Crippen molar-refractivity contribution in [1.29, 1.82) is 0 Å². The van der Waals surface area contributed by atoms with Crippen molar-refractivity contribution in [3.63, 3.8) is 0 Å². The van der Waals surface area contributed by atoms with Gasteiger partial charge >= 0.3 is 35.5 Å². The third-order valence-corrected chi connectivity index (χ3v) is 4.14. The van der Waals surface area contributed by atoms with Gasteiger partial charge in [0.2, 0.25) is 0 Å². The molecule has 24 heavy (non-hydrogen) atoms. The van der Waals surface area contributed by atoms with Crippen molar-refractivity contribution in [2.75, 3.05) is 0 Å². The van der Waals surface area contributed by atoms with Crippen LogP contribution in [-0.2, 0) is 4.74 Å². The molecule has 1 aromatic rings. The van der Waals surface area contributed by atoms with Gasteiger partial charge in [-0.25, -0.2) is 11.7 Å². The molecule has 0 amide bonds. The molecule has 1 aromatic heterocycles. The first kappa shape index (κ1) is 23.6.